The summed E-state index contributed by atoms with van der Waals surface area (Å²) in [6.07, 6.45) is 0. The molecule has 0 amide bonds. The molecule has 14 heavy (non-hydrogen) atoms. The fourth-order valence-corrected chi connectivity index (χ4v) is 1.82. The first-order valence-electron chi connectivity index (χ1n) is 4.82. The van der Waals surface area contributed by atoms with Crippen LogP contribution in [0.25, 0.3) is 5.52 Å². The van der Waals surface area contributed by atoms with E-state index in [2.05, 4.69) is 39.8 Å². The number of rotatable bonds is 2. The Balaban J connectivity index is 2.72. The number of nitrogens with one attached hydrogen (secondary N) is 1. The lowest BCUT2D eigenvalue weighted by atomic mass is 10.3. The van der Waals surface area contributed by atoms with E-state index in [9.17, 15) is 0 Å². The smallest absolute Gasteiger partial charge is 0.127 e. The summed E-state index contributed by atoms with van der Waals surface area (Å²) in [6.45, 7) is 4.96. The number of nitrogens with zero attached hydrogens (tertiary/aromatic N) is 2. The minimum absolute atomic E-state index is 0.805. The molecule has 0 atom stereocenters. The zero-order chi connectivity index (χ0) is 10.1. The van der Waals surface area contributed by atoms with Crippen LogP contribution in [0.15, 0.2) is 18.2 Å². The van der Waals surface area contributed by atoms with Crippen LogP contribution in [0.2, 0.25) is 0 Å². The highest BCUT2D eigenvalue weighted by atomic mass is 15.1. The lowest BCUT2D eigenvalue weighted by Crippen LogP contribution is -2.09. The molecule has 0 saturated heterocycles. The number of aromatic nitrogens is 2. The van der Waals surface area contributed by atoms with Crippen molar-refractivity contribution in [3.63, 3.8) is 0 Å². The number of hydrogen-bond donors (Lipinski definition) is 1. The minimum atomic E-state index is 0.805. The second-order valence-electron chi connectivity index (χ2n) is 3.53. The zero-order valence-electron chi connectivity index (χ0n) is 8.83. The van der Waals surface area contributed by atoms with Crippen molar-refractivity contribution in [1.82, 2.24) is 14.7 Å². The molecule has 3 heteroatoms. The Morgan fingerprint density at radius 1 is 1.36 bits per heavy atom. The number of hydrogen-bond acceptors (Lipinski definition) is 2. The molecule has 0 aromatic carbocycles. The first-order valence-corrected chi connectivity index (χ1v) is 4.82. The number of aryl methyl sites for hydroxylation is 2. The van der Waals surface area contributed by atoms with E-state index in [0.717, 1.165) is 18.1 Å². The minimum Gasteiger partial charge on any atom is -0.313 e. The van der Waals surface area contributed by atoms with Crippen LogP contribution in [0.5, 0.6) is 0 Å². The van der Waals surface area contributed by atoms with Gasteiger partial charge >= 0.3 is 0 Å². The highest BCUT2D eigenvalue weighted by molar-refractivity contribution is 5.53. The first kappa shape index (κ1) is 9.21. The fourth-order valence-electron chi connectivity index (χ4n) is 1.82. The van der Waals surface area contributed by atoms with Crippen LogP contribution in [0, 0.1) is 13.8 Å². The Morgan fingerprint density at radius 3 is 2.86 bits per heavy atom. The van der Waals surface area contributed by atoms with Gasteiger partial charge in [-0.3, -0.25) is 4.40 Å². The third-order valence-electron chi connectivity index (χ3n) is 2.45. The Morgan fingerprint density at radius 2 is 2.14 bits per heavy atom. The van der Waals surface area contributed by atoms with Gasteiger partial charge in [-0.15, -0.1) is 0 Å². The molecule has 0 bridgehead atoms. The van der Waals surface area contributed by atoms with Gasteiger partial charge < -0.3 is 5.32 Å². The Kier molecular flexibility index (Phi) is 2.25. The first-order chi connectivity index (χ1) is 6.74. The summed E-state index contributed by atoms with van der Waals surface area (Å²) in [5.74, 6) is 1.08. The van der Waals surface area contributed by atoms with E-state index >= 15 is 0 Å². The molecule has 1 N–H and O–H groups in total. The third-order valence-corrected chi connectivity index (χ3v) is 2.45. The predicted octanol–water partition coefficient (Wildman–Crippen LogP) is 1.67. The standard InChI is InChI=1S/C11H15N3/c1-8-5-4-6-10-9(2)13-11(7-12-3)14(8)10/h4-6,12H,7H2,1-3H3. The summed E-state index contributed by atoms with van der Waals surface area (Å²) in [6, 6.07) is 6.28. The summed E-state index contributed by atoms with van der Waals surface area (Å²) in [5.41, 5.74) is 3.53. The SMILES string of the molecule is CNCc1nc(C)c2cccc(C)n12. The van der Waals surface area contributed by atoms with Gasteiger partial charge in [0, 0.05) is 5.69 Å². The quantitative estimate of drug-likeness (QED) is 0.778. The van der Waals surface area contributed by atoms with Crippen LogP contribution in [-0.4, -0.2) is 16.4 Å². The molecule has 0 aliphatic rings. The van der Waals surface area contributed by atoms with Gasteiger partial charge in [-0.05, 0) is 33.0 Å². The average molecular weight is 189 g/mol. The van der Waals surface area contributed by atoms with Gasteiger partial charge in [-0.25, -0.2) is 4.98 Å². The van der Waals surface area contributed by atoms with Crippen LogP contribution in [0.3, 0.4) is 0 Å². The van der Waals surface area contributed by atoms with E-state index in [1.165, 1.54) is 11.2 Å². The van der Waals surface area contributed by atoms with Crippen LogP contribution >= 0.6 is 0 Å². The number of fused-ring (bicyclic) bond motifs is 1. The number of imidazole rings is 1. The van der Waals surface area contributed by atoms with Crippen LogP contribution in [-0.2, 0) is 6.54 Å². The van der Waals surface area contributed by atoms with Crippen molar-refractivity contribution in [3.8, 4) is 0 Å². The molecule has 74 valence electrons. The summed E-state index contributed by atoms with van der Waals surface area (Å²) in [4.78, 5) is 4.54. The van der Waals surface area contributed by atoms with Crippen molar-refractivity contribution in [1.29, 1.82) is 0 Å². The highest BCUT2D eigenvalue weighted by Gasteiger charge is 2.07. The third kappa shape index (κ3) is 1.30. The van der Waals surface area contributed by atoms with E-state index in [0.29, 0.717) is 0 Å². The lowest BCUT2D eigenvalue weighted by molar-refractivity contribution is 0.748. The fraction of sp³-hybridized carbons (Fsp3) is 0.364. The molecule has 0 spiro atoms. The van der Waals surface area contributed by atoms with E-state index in [4.69, 9.17) is 0 Å². The molecule has 2 rings (SSSR count). The van der Waals surface area contributed by atoms with Crippen molar-refractivity contribution in [3.05, 3.63) is 35.4 Å². The largest absolute Gasteiger partial charge is 0.313 e. The Hall–Kier alpha value is -1.35. The number of pyridine rings is 1. The molecule has 0 aliphatic carbocycles. The topological polar surface area (TPSA) is 29.3 Å². The summed E-state index contributed by atoms with van der Waals surface area (Å²) in [5, 5.41) is 3.13. The molecular weight excluding hydrogens is 174 g/mol. The normalized spacial score (nSPS) is 11.1. The van der Waals surface area contributed by atoms with Crippen LogP contribution in [0.4, 0.5) is 0 Å². The van der Waals surface area contributed by atoms with Gasteiger partial charge in [0.1, 0.15) is 5.82 Å². The van der Waals surface area contributed by atoms with Crippen molar-refractivity contribution in [2.75, 3.05) is 7.05 Å². The summed E-state index contributed by atoms with van der Waals surface area (Å²) in [7, 11) is 1.94. The van der Waals surface area contributed by atoms with Gasteiger partial charge in [0.25, 0.3) is 0 Å². The monoisotopic (exact) mass is 189 g/mol. The van der Waals surface area contributed by atoms with Crippen molar-refractivity contribution in [2.45, 2.75) is 20.4 Å². The van der Waals surface area contributed by atoms with Crippen molar-refractivity contribution in [2.24, 2.45) is 0 Å². The molecule has 2 heterocycles. The van der Waals surface area contributed by atoms with Gasteiger partial charge in [-0.2, -0.15) is 0 Å². The maximum absolute atomic E-state index is 4.54. The molecule has 0 radical (unpaired) electrons. The second-order valence-corrected chi connectivity index (χ2v) is 3.53. The summed E-state index contributed by atoms with van der Waals surface area (Å²) >= 11 is 0. The zero-order valence-corrected chi connectivity index (χ0v) is 8.83. The van der Waals surface area contributed by atoms with E-state index < -0.39 is 0 Å². The molecule has 0 aliphatic heterocycles. The predicted molar refractivity (Wildman–Crippen MR) is 57.4 cm³/mol. The van der Waals surface area contributed by atoms with E-state index in [-0.39, 0.29) is 0 Å². The Labute approximate surface area is 83.8 Å². The molecular formula is C11H15N3. The van der Waals surface area contributed by atoms with E-state index in [1.54, 1.807) is 0 Å². The second kappa shape index (κ2) is 3.42. The van der Waals surface area contributed by atoms with Gasteiger partial charge in [-0.1, -0.05) is 6.07 Å². The lowest BCUT2D eigenvalue weighted by Gasteiger charge is -2.03. The van der Waals surface area contributed by atoms with Crippen LogP contribution in [0.1, 0.15) is 17.2 Å². The van der Waals surface area contributed by atoms with Gasteiger partial charge in [0.05, 0.1) is 17.8 Å². The van der Waals surface area contributed by atoms with Crippen molar-refractivity contribution < 1.29 is 0 Å². The maximum atomic E-state index is 4.54. The van der Waals surface area contributed by atoms with Crippen molar-refractivity contribution >= 4 is 5.52 Å². The molecule has 3 nitrogen and oxygen atoms in total. The molecule has 0 unspecified atom stereocenters. The van der Waals surface area contributed by atoms with Crippen LogP contribution < -0.4 is 5.32 Å². The Bertz CT molecular complexity index is 457. The van der Waals surface area contributed by atoms with E-state index in [1.807, 2.05) is 14.0 Å². The highest BCUT2D eigenvalue weighted by Crippen LogP contribution is 2.14. The molecule has 0 saturated carbocycles. The summed E-state index contributed by atoms with van der Waals surface area (Å²) < 4.78 is 2.20. The molecule has 0 fully saturated rings. The average Bonchev–Trinajstić information content (AvgIpc) is 2.46. The van der Waals surface area contributed by atoms with Gasteiger partial charge in [0.15, 0.2) is 0 Å². The van der Waals surface area contributed by atoms with Gasteiger partial charge in [0.2, 0.25) is 0 Å². The molecule has 2 aromatic heterocycles. The molecule has 2 aromatic rings. The maximum Gasteiger partial charge on any atom is 0.127 e.